The van der Waals surface area contributed by atoms with E-state index in [9.17, 15) is 0 Å². The van der Waals surface area contributed by atoms with Gasteiger partial charge in [-0.25, -0.2) is 4.68 Å². The molecule has 1 heterocycles. The average molecular weight is 246 g/mol. The van der Waals surface area contributed by atoms with Crippen molar-refractivity contribution in [2.75, 3.05) is 19.7 Å². The molecule has 0 atom stereocenters. The summed E-state index contributed by atoms with van der Waals surface area (Å²) in [7, 11) is 0. The van der Waals surface area contributed by atoms with E-state index in [1.807, 2.05) is 30.3 Å². The molecule has 0 saturated heterocycles. The summed E-state index contributed by atoms with van der Waals surface area (Å²) < 4.78 is 7.18. The van der Waals surface area contributed by atoms with Crippen LogP contribution in [0.25, 0.3) is 5.69 Å². The number of aromatic nitrogens is 3. The van der Waals surface area contributed by atoms with Crippen LogP contribution in [0.4, 0.5) is 0 Å². The quantitative estimate of drug-likeness (QED) is 0.755. The monoisotopic (exact) mass is 246 g/mol. The Morgan fingerprint density at radius 3 is 2.89 bits per heavy atom. The van der Waals surface area contributed by atoms with Crippen LogP contribution in [0.5, 0.6) is 6.01 Å². The number of rotatable bonds is 7. The highest BCUT2D eigenvalue weighted by Crippen LogP contribution is 2.08. The van der Waals surface area contributed by atoms with E-state index in [2.05, 4.69) is 22.3 Å². The van der Waals surface area contributed by atoms with E-state index < -0.39 is 0 Å². The molecule has 5 nitrogen and oxygen atoms in total. The van der Waals surface area contributed by atoms with Gasteiger partial charge in [-0.2, -0.15) is 4.98 Å². The Morgan fingerprint density at radius 2 is 2.11 bits per heavy atom. The zero-order valence-electron chi connectivity index (χ0n) is 10.5. The third-order valence-corrected chi connectivity index (χ3v) is 2.47. The third-order valence-electron chi connectivity index (χ3n) is 2.47. The molecule has 0 amide bonds. The SMILES string of the molecule is CCNCCCOc1ncn(-c2ccccc2)n1. The van der Waals surface area contributed by atoms with E-state index in [1.54, 1.807) is 11.0 Å². The first-order valence-electron chi connectivity index (χ1n) is 6.20. The molecule has 0 aliphatic heterocycles. The van der Waals surface area contributed by atoms with Gasteiger partial charge in [-0.3, -0.25) is 0 Å². The fourth-order valence-corrected chi connectivity index (χ4v) is 1.56. The number of para-hydroxylation sites is 1. The minimum atomic E-state index is 0.426. The normalized spacial score (nSPS) is 10.5. The molecular weight excluding hydrogens is 228 g/mol. The summed E-state index contributed by atoms with van der Waals surface area (Å²) in [4.78, 5) is 4.12. The van der Waals surface area contributed by atoms with Gasteiger partial charge in [-0.05, 0) is 31.6 Å². The standard InChI is InChI=1S/C13H18N4O/c1-2-14-9-6-10-18-13-15-11-17(16-13)12-7-4-3-5-8-12/h3-5,7-8,11,14H,2,6,9-10H2,1H3. The highest BCUT2D eigenvalue weighted by Gasteiger charge is 2.02. The summed E-state index contributed by atoms with van der Waals surface area (Å²) in [6, 6.07) is 10.3. The van der Waals surface area contributed by atoms with Crippen molar-refractivity contribution in [1.82, 2.24) is 20.1 Å². The number of benzene rings is 1. The fourth-order valence-electron chi connectivity index (χ4n) is 1.56. The number of ether oxygens (including phenoxy) is 1. The molecule has 1 aromatic heterocycles. The van der Waals surface area contributed by atoms with E-state index in [0.717, 1.165) is 25.2 Å². The Hall–Kier alpha value is -1.88. The van der Waals surface area contributed by atoms with Crippen LogP contribution in [0.1, 0.15) is 13.3 Å². The van der Waals surface area contributed by atoms with Gasteiger partial charge < -0.3 is 10.1 Å². The molecule has 1 aromatic carbocycles. The van der Waals surface area contributed by atoms with Gasteiger partial charge in [0.05, 0.1) is 12.3 Å². The molecule has 0 radical (unpaired) electrons. The predicted octanol–water partition coefficient (Wildman–Crippen LogP) is 1.65. The lowest BCUT2D eigenvalue weighted by Crippen LogP contribution is -2.16. The van der Waals surface area contributed by atoms with Crippen LogP contribution in [0.3, 0.4) is 0 Å². The van der Waals surface area contributed by atoms with Gasteiger partial charge in [0.25, 0.3) is 0 Å². The number of nitrogens with one attached hydrogen (secondary N) is 1. The van der Waals surface area contributed by atoms with Crippen molar-refractivity contribution in [2.45, 2.75) is 13.3 Å². The first-order chi connectivity index (χ1) is 8.90. The van der Waals surface area contributed by atoms with Crippen molar-refractivity contribution >= 4 is 0 Å². The van der Waals surface area contributed by atoms with E-state index in [1.165, 1.54) is 0 Å². The van der Waals surface area contributed by atoms with Gasteiger partial charge in [-0.1, -0.05) is 25.1 Å². The summed E-state index contributed by atoms with van der Waals surface area (Å²) in [5.74, 6) is 0. The number of hydrogen-bond acceptors (Lipinski definition) is 4. The molecule has 96 valence electrons. The third kappa shape index (κ3) is 3.56. The maximum Gasteiger partial charge on any atom is 0.335 e. The molecule has 0 saturated carbocycles. The minimum absolute atomic E-state index is 0.426. The van der Waals surface area contributed by atoms with Gasteiger partial charge in [0.15, 0.2) is 0 Å². The molecule has 2 rings (SSSR count). The Bertz CT molecular complexity index is 455. The second-order valence-corrected chi connectivity index (χ2v) is 3.86. The molecule has 0 unspecified atom stereocenters. The van der Waals surface area contributed by atoms with Crippen LogP contribution < -0.4 is 10.1 Å². The Kier molecular flexibility index (Phi) is 4.72. The molecule has 0 bridgehead atoms. The first kappa shape index (κ1) is 12.6. The lowest BCUT2D eigenvalue weighted by atomic mass is 10.3. The lowest BCUT2D eigenvalue weighted by Gasteiger charge is -2.02. The Morgan fingerprint density at radius 1 is 1.28 bits per heavy atom. The van der Waals surface area contributed by atoms with Crippen molar-refractivity contribution in [3.63, 3.8) is 0 Å². The van der Waals surface area contributed by atoms with Crippen LogP contribution in [0.2, 0.25) is 0 Å². The topological polar surface area (TPSA) is 52.0 Å². The van der Waals surface area contributed by atoms with Crippen LogP contribution in [-0.4, -0.2) is 34.5 Å². The van der Waals surface area contributed by atoms with Crippen molar-refractivity contribution in [3.8, 4) is 11.7 Å². The summed E-state index contributed by atoms with van der Waals surface area (Å²) in [5, 5.41) is 7.50. The molecule has 0 aliphatic rings. The van der Waals surface area contributed by atoms with Crippen LogP contribution >= 0.6 is 0 Å². The van der Waals surface area contributed by atoms with Crippen molar-refractivity contribution in [3.05, 3.63) is 36.7 Å². The molecular formula is C13H18N4O. The molecule has 5 heteroatoms. The summed E-state index contributed by atoms with van der Waals surface area (Å²) in [5.41, 5.74) is 0.979. The van der Waals surface area contributed by atoms with E-state index >= 15 is 0 Å². The molecule has 1 N–H and O–H groups in total. The largest absolute Gasteiger partial charge is 0.462 e. The number of nitrogens with zero attached hydrogens (tertiary/aromatic N) is 3. The average Bonchev–Trinajstić information content (AvgIpc) is 2.88. The van der Waals surface area contributed by atoms with E-state index in [0.29, 0.717) is 12.6 Å². The number of hydrogen-bond donors (Lipinski definition) is 1. The maximum absolute atomic E-state index is 5.47. The highest BCUT2D eigenvalue weighted by atomic mass is 16.5. The lowest BCUT2D eigenvalue weighted by molar-refractivity contribution is 0.285. The Balaban J connectivity index is 1.83. The fraction of sp³-hybridized carbons (Fsp3) is 0.385. The van der Waals surface area contributed by atoms with Crippen molar-refractivity contribution < 1.29 is 4.74 Å². The molecule has 0 fully saturated rings. The summed E-state index contributed by atoms with van der Waals surface area (Å²) in [6.45, 7) is 4.66. The summed E-state index contributed by atoms with van der Waals surface area (Å²) in [6.07, 6.45) is 2.61. The van der Waals surface area contributed by atoms with E-state index in [4.69, 9.17) is 4.74 Å². The van der Waals surface area contributed by atoms with Gasteiger partial charge in [0.2, 0.25) is 0 Å². The van der Waals surface area contributed by atoms with Gasteiger partial charge in [0.1, 0.15) is 6.33 Å². The van der Waals surface area contributed by atoms with Gasteiger partial charge in [-0.15, -0.1) is 5.10 Å². The molecule has 0 aliphatic carbocycles. The van der Waals surface area contributed by atoms with Crippen LogP contribution in [0, 0.1) is 0 Å². The molecule has 18 heavy (non-hydrogen) atoms. The second-order valence-electron chi connectivity index (χ2n) is 3.86. The van der Waals surface area contributed by atoms with E-state index in [-0.39, 0.29) is 0 Å². The zero-order valence-corrected chi connectivity index (χ0v) is 10.5. The predicted molar refractivity (Wildman–Crippen MR) is 70.0 cm³/mol. The van der Waals surface area contributed by atoms with Crippen LogP contribution in [-0.2, 0) is 0 Å². The van der Waals surface area contributed by atoms with Gasteiger partial charge in [0, 0.05) is 0 Å². The molecule has 2 aromatic rings. The van der Waals surface area contributed by atoms with Crippen LogP contribution in [0.15, 0.2) is 36.7 Å². The molecule has 0 spiro atoms. The zero-order chi connectivity index (χ0) is 12.6. The summed E-state index contributed by atoms with van der Waals surface area (Å²) >= 11 is 0. The van der Waals surface area contributed by atoms with Crippen molar-refractivity contribution in [1.29, 1.82) is 0 Å². The maximum atomic E-state index is 5.47. The Labute approximate surface area is 107 Å². The first-order valence-corrected chi connectivity index (χ1v) is 6.20. The minimum Gasteiger partial charge on any atom is -0.462 e. The second kappa shape index (κ2) is 6.76. The van der Waals surface area contributed by atoms with Gasteiger partial charge >= 0.3 is 6.01 Å². The smallest absolute Gasteiger partial charge is 0.335 e. The highest BCUT2D eigenvalue weighted by molar-refractivity contribution is 5.29. The van der Waals surface area contributed by atoms with Crippen molar-refractivity contribution in [2.24, 2.45) is 0 Å².